The van der Waals surface area contributed by atoms with E-state index >= 15 is 0 Å². The zero-order valence-corrected chi connectivity index (χ0v) is 12.9. The lowest BCUT2D eigenvalue weighted by Crippen LogP contribution is -2.18. The Kier molecular flexibility index (Phi) is 6.00. The highest BCUT2D eigenvalue weighted by Gasteiger charge is 2.05. The van der Waals surface area contributed by atoms with Gasteiger partial charge in [0.05, 0.1) is 0 Å². The van der Waals surface area contributed by atoms with Crippen molar-refractivity contribution in [2.45, 2.75) is 32.7 Å². The normalized spacial score (nSPS) is 10.4. The average Bonchev–Trinajstić information content (AvgIpc) is 2.53. The molecule has 112 valence electrons. The molecule has 1 heterocycles. The molecule has 0 spiro atoms. The minimum absolute atomic E-state index is 0.840. The summed E-state index contributed by atoms with van der Waals surface area (Å²) in [6.07, 6.45) is 5.28. The second-order valence-electron chi connectivity index (χ2n) is 5.24. The summed E-state index contributed by atoms with van der Waals surface area (Å²) >= 11 is 0. The maximum absolute atomic E-state index is 4.35. The molecule has 0 saturated heterocycles. The van der Waals surface area contributed by atoms with Crippen LogP contribution in [0.25, 0.3) is 0 Å². The van der Waals surface area contributed by atoms with Crippen molar-refractivity contribution in [2.75, 3.05) is 23.8 Å². The SMILES string of the molecule is CCCCCNc1cc(N(C)Cc2ccccc2)ncn1. The Labute approximate surface area is 127 Å². The smallest absolute Gasteiger partial charge is 0.134 e. The molecule has 2 aromatic rings. The maximum atomic E-state index is 4.35. The van der Waals surface area contributed by atoms with Crippen LogP contribution in [0.1, 0.15) is 31.7 Å². The summed E-state index contributed by atoms with van der Waals surface area (Å²) in [5.74, 6) is 1.84. The number of aromatic nitrogens is 2. The minimum atomic E-state index is 0.840. The Bertz CT molecular complexity index is 527. The lowest BCUT2D eigenvalue weighted by molar-refractivity contribution is 0.742. The summed E-state index contributed by atoms with van der Waals surface area (Å²) in [5.41, 5.74) is 1.27. The molecule has 0 unspecified atom stereocenters. The Balaban J connectivity index is 1.93. The number of benzene rings is 1. The molecule has 1 aromatic heterocycles. The van der Waals surface area contributed by atoms with Gasteiger partial charge in [0.2, 0.25) is 0 Å². The van der Waals surface area contributed by atoms with Crippen LogP contribution >= 0.6 is 0 Å². The van der Waals surface area contributed by atoms with E-state index in [2.05, 4.69) is 58.4 Å². The maximum Gasteiger partial charge on any atom is 0.134 e. The highest BCUT2D eigenvalue weighted by molar-refractivity contribution is 5.48. The van der Waals surface area contributed by atoms with Crippen LogP contribution in [0.2, 0.25) is 0 Å². The zero-order valence-electron chi connectivity index (χ0n) is 12.9. The summed E-state index contributed by atoms with van der Waals surface area (Å²) in [7, 11) is 2.05. The van der Waals surface area contributed by atoms with Crippen LogP contribution in [0.15, 0.2) is 42.7 Å². The van der Waals surface area contributed by atoms with Gasteiger partial charge in [-0.15, -0.1) is 0 Å². The van der Waals surface area contributed by atoms with Gasteiger partial charge < -0.3 is 10.2 Å². The first-order valence-electron chi connectivity index (χ1n) is 7.60. The first-order valence-corrected chi connectivity index (χ1v) is 7.60. The molecule has 0 aliphatic carbocycles. The largest absolute Gasteiger partial charge is 0.370 e. The minimum Gasteiger partial charge on any atom is -0.370 e. The summed E-state index contributed by atoms with van der Waals surface area (Å²) < 4.78 is 0. The predicted molar refractivity (Wildman–Crippen MR) is 88.6 cm³/mol. The van der Waals surface area contributed by atoms with Crippen molar-refractivity contribution in [3.8, 4) is 0 Å². The standard InChI is InChI=1S/C17H24N4/c1-3-4-8-11-18-16-12-17(20-14-19-16)21(2)13-15-9-6-5-7-10-15/h5-7,9-10,12,14H,3-4,8,11,13H2,1-2H3,(H,18,19,20). The van der Waals surface area contributed by atoms with Gasteiger partial charge in [-0.2, -0.15) is 0 Å². The summed E-state index contributed by atoms with van der Waals surface area (Å²) in [5, 5.41) is 3.36. The van der Waals surface area contributed by atoms with Crippen LogP contribution < -0.4 is 10.2 Å². The second-order valence-corrected chi connectivity index (χ2v) is 5.24. The zero-order chi connectivity index (χ0) is 14.9. The molecule has 0 saturated carbocycles. The molecule has 0 radical (unpaired) electrons. The van der Waals surface area contributed by atoms with Gasteiger partial charge in [-0.25, -0.2) is 9.97 Å². The number of anilines is 2. The molecule has 2 rings (SSSR count). The molecule has 1 N–H and O–H groups in total. The van der Waals surface area contributed by atoms with E-state index in [9.17, 15) is 0 Å². The second kappa shape index (κ2) is 8.25. The fourth-order valence-electron chi connectivity index (χ4n) is 2.18. The third-order valence-electron chi connectivity index (χ3n) is 3.39. The van der Waals surface area contributed by atoms with Crippen molar-refractivity contribution in [1.82, 2.24) is 9.97 Å². The molecule has 0 bridgehead atoms. The van der Waals surface area contributed by atoms with Gasteiger partial charge in [0.25, 0.3) is 0 Å². The lowest BCUT2D eigenvalue weighted by Gasteiger charge is -2.18. The number of hydrogen-bond donors (Lipinski definition) is 1. The van der Waals surface area contributed by atoms with Crippen molar-refractivity contribution < 1.29 is 0 Å². The Morgan fingerprint density at radius 2 is 1.90 bits per heavy atom. The molecule has 0 aliphatic rings. The molecule has 1 aromatic carbocycles. The topological polar surface area (TPSA) is 41.0 Å². The first-order chi connectivity index (χ1) is 10.3. The van der Waals surface area contributed by atoms with Gasteiger partial charge in [0.15, 0.2) is 0 Å². The van der Waals surface area contributed by atoms with E-state index in [4.69, 9.17) is 0 Å². The molecule has 0 aliphatic heterocycles. The fourth-order valence-corrected chi connectivity index (χ4v) is 2.18. The van der Waals surface area contributed by atoms with Crippen LogP contribution in [-0.2, 0) is 6.54 Å². The molecule has 4 heteroatoms. The van der Waals surface area contributed by atoms with Gasteiger partial charge in [-0.1, -0.05) is 50.1 Å². The molecular formula is C17H24N4. The van der Waals surface area contributed by atoms with Crippen LogP contribution in [0.4, 0.5) is 11.6 Å². The van der Waals surface area contributed by atoms with E-state index < -0.39 is 0 Å². The van der Waals surface area contributed by atoms with Crippen molar-refractivity contribution in [2.24, 2.45) is 0 Å². The van der Waals surface area contributed by atoms with E-state index in [0.29, 0.717) is 0 Å². The van der Waals surface area contributed by atoms with Gasteiger partial charge >= 0.3 is 0 Å². The Hall–Kier alpha value is -2.10. The van der Waals surface area contributed by atoms with E-state index in [-0.39, 0.29) is 0 Å². The van der Waals surface area contributed by atoms with Crippen molar-refractivity contribution in [3.05, 3.63) is 48.3 Å². The quantitative estimate of drug-likeness (QED) is 0.750. The van der Waals surface area contributed by atoms with Crippen molar-refractivity contribution >= 4 is 11.6 Å². The van der Waals surface area contributed by atoms with Crippen LogP contribution in [0, 0.1) is 0 Å². The highest BCUT2D eigenvalue weighted by atomic mass is 15.2. The van der Waals surface area contributed by atoms with Gasteiger partial charge in [-0.05, 0) is 12.0 Å². The average molecular weight is 284 g/mol. The predicted octanol–water partition coefficient (Wildman–Crippen LogP) is 3.72. The molecule has 21 heavy (non-hydrogen) atoms. The number of rotatable bonds is 8. The third-order valence-corrected chi connectivity index (χ3v) is 3.39. The number of nitrogens with one attached hydrogen (secondary N) is 1. The number of hydrogen-bond acceptors (Lipinski definition) is 4. The third kappa shape index (κ3) is 5.06. The van der Waals surface area contributed by atoms with E-state index in [1.54, 1.807) is 6.33 Å². The van der Waals surface area contributed by atoms with E-state index in [0.717, 1.165) is 24.7 Å². The molecule has 4 nitrogen and oxygen atoms in total. The Morgan fingerprint density at radius 3 is 2.67 bits per heavy atom. The fraction of sp³-hybridized carbons (Fsp3) is 0.412. The van der Waals surface area contributed by atoms with Crippen LogP contribution in [0.3, 0.4) is 0 Å². The van der Waals surface area contributed by atoms with E-state index in [1.165, 1.54) is 24.8 Å². The van der Waals surface area contributed by atoms with Crippen LogP contribution in [0.5, 0.6) is 0 Å². The van der Waals surface area contributed by atoms with Gasteiger partial charge in [-0.3, -0.25) is 0 Å². The molecule has 0 atom stereocenters. The number of unbranched alkanes of at least 4 members (excludes halogenated alkanes) is 2. The first kappa shape index (κ1) is 15.3. The highest BCUT2D eigenvalue weighted by Crippen LogP contribution is 2.15. The van der Waals surface area contributed by atoms with Crippen LogP contribution in [-0.4, -0.2) is 23.6 Å². The Morgan fingerprint density at radius 1 is 1.10 bits per heavy atom. The van der Waals surface area contributed by atoms with E-state index in [1.807, 2.05) is 12.1 Å². The van der Waals surface area contributed by atoms with Crippen molar-refractivity contribution in [1.29, 1.82) is 0 Å². The molecule has 0 fully saturated rings. The van der Waals surface area contributed by atoms with Crippen molar-refractivity contribution in [3.63, 3.8) is 0 Å². The summed E-state index contributed by atoms with van der Waals surface area (Å²) in [6, 6.07) is 12.4. The van der Waals surface area contributed by atoms with Gasteiger partial charge in [0.1, 0.15) is 18.0 Å². The van der Waals surface area contributed by atoms with Gasteiger partial charge in [0, 0.05) is 26.2 Å². The molecular weight excluding hydrogens is 260 g/mol. The monoisotopic (exact) mass is 284 g/mol. The summed E-state index contributed by atoms with van der Waals surface area (Å²) in [4.78, 5) is 10.8. The molecule has 0 amide bonds. The summed E-state index contributed by atoms with van der Waals surface area (Å²) in [6.45, 7) is 4.02. The lowest BCUT2D eigenvalue weighted by atomic mass is 10.2. The number of nitrogens with zero attached hydrogens (tertiary/aromatic N) is 3.